The molecular formula is C41H54ClFN6O10. The minimum Gasteiger partial charge on any atom is -0.444 e. The van der Waals surface area contributed by atoms with Crippen molar-refractivity contribution in [2.24, 2.45) is 15.9 Å². The van der Waals surface area contributed by atoms with Gasteiger partial charge in [0.15, 0.2) is 0 Å². The van der Waals surface area contributed by atoms with Crippen LogP contribution in [0.2, 0.25) is 5.02 Å². The fourth-order valence-electron chi connectivity index (χ4n) is 5.35. The van der Waals surface area contributed by atoms with Gasteiger partial charge in [-0.1, -0.05) is 29.8 Å². The van der Waals surface area contributed by atoms with E-state index in [2.05, 4.69) is 20.6 Å². The molecular weight excluding hydrogens is 791 g/mol. The van der Waals surface area contributed by atoms with Gasteiger partial charge in [0.2, 0.25) is 5.96 Å². The number of aliphatic imine (C=N–C) groups is 2. The molecule has 2 N–H and O–H groups in total. The van der Waals surface area contributed by atoms with Gasteiger partial charge in [0, 0.05) is 31.7 Å². The number of fused-ring (bicyclic) bond motifs is 1. The molecule has 322 valence electrons. The van der Waals surface area contributed by atoms with E-state index in [-0.39, 0.29) is 29.4 Å². The largest absolute Gasteiger partial charge is 0.444 e. The molecule has 0 unspecified atom stereocenters. The van der Waals surface area contributed by atoms with Crippen molar-refractivity contribution in [3.63, 3.8) is 0 Å². The minimum absolute atomic E-state index is 0.0527. The second-order valence-electron chi connectivity index (χ2n) is 17.7. The number of anilines is 1. The maximum absolute atomic E-state index is 14.1. The van der Waals surface area contributed by atoms with Gasteiger partial charge < -0.3 is 29.2 Å². The molecule has 2 aromatic carbocycles. The number of carbonyl (C=O) groups is 6. The summed E-state index contributed by atoms with van der Waals surface area (Å²) in [6, 6.07) is 8.57. The first-order chi connectivity index (χ1) is 26.9. The van der Waals surface area contributed by atoms with Crippen molar-refractivity contribution in [3.8, 4) is 0 Å². The number of nitrogens with one attached hydrogen (secondary N) is 2. The quantitative estimate of drug-likeness (QED) is 0.129. The van der Waals surface area contributed by atoms with Crippen molar-refractivity contribution in [3.05, 3.63) is 63.9 Å². The van der Waals surface area contributed by atoms with Gasteiger partial charge in [-0.2, -0.15) is 0 Å². The predicted molar refractivity (Wildman–Crippen MR) is 219 cm³/mol. The van der Waals surface area contributed by atoms with Crippen molar-refractivity contribution >= 4 is 65.1 Å². The summed E-state index contributed by atoms with van der Waals surface area (Å²) in [7, 11) is 1.57. The third kappa shape index (κ3) is 15.6. The van der Waals surface area contributed by atoms with E-state index in [0.29, 0.717) is 16.7 Å². The number of alkyl carbamates (subject to hydrolysis) is 1. The molecule has 0 aromatic heterocycles. The van der Waals surface area contributed by atoms with Crippen LogP contribution in [-0.4, -0.2) is 93.7 Å². The lowest BCUT2D eigenvalue weighted by molar-refractivity contribution is -0.134. The molecule has 0 saturated heterocycles. The van der Waals surface area contributed by atoms with E-state index in [1.54, 1.807) is 108 Å². The summed E-state index contributed by atoms with van der Waals surface area (Å²) in [6.45, 7) is 19.4. The molecule has 2 aromatic rings. The first-order valence-electron chi connectivity index (χ1n) is 18.7. The lowest BCUT2D eigenvalue weighted by atomic mass is 10.0. The van der Waals surface area contributed by atoms with Gasteiger partial charge in [-0.3, -0.25) is 14.9 Å². The number of rotatable bonds is 5. The normalized spacial score (nSPS) is 15.1. The van der Waals surface area contributed by atoms with Crippen molar-refractivity contribution in [1.82, 2.24) is 15.1 Å². The van der Waals surface area contributed by atoms with Crippen LogP contribution in [0.15, 0.2) is 46.4 Å². The summed E-state index contributed by atoms with van der Waals surface area (Å²) in [5.41, 5.74) is -2.12. The van der Waals surface area contributed by atoms with Gasteiger partial charge in [-0.15, -0.1) is 4.99 Å². The van der Waals surface area contributed by atoms with E-state index >= 15 is 0 Å². The van der Waals surface area contributed by atoms with Crippen LogP contribution in [0.1, 0.15) is 99.8 Å². The van der Waals surface area contributed by atoms with Crippen LogP contribution in [-0.2, 0) is 41.5 Å². The maximum atomic E-state index is 14.1. The van der Waals surface area contributed by atoms with Gasteiger partial charge in [0.1, 0.15) is 28.2 Å². The van der Waals surface area contributed by atoms with Crippen LogP contribution >= 0.6 is 11.6 Å². The molecule has 16 nitrogen and oxygen atoms in total. The van der Waals surface area contributed by atoms with Crippen molar-refractivity contribution < 1.29 is 52.1 Å². The number of halogens is 2. The smallest absolute Gasteiger partial charge is 0.437 e. The molecule has 0 spiro atoms. The number of guanidine groups is 1. The Kier molecular flexibility index (Phi) is 15.0. The van der Waals surface area contributed by atoms with Crippen LogP contribution in [0.4, 0.5) is 29.3 Å². The Hall–Kier alpha value is -5.58. The Morgan fingerprint density at radius 1 is 0.797 bits per heavy atom. The molecule has 59 heavy (non-hydrogen) atoms. The summed E-state index contributed by atoms with van der Waals surface area (Å²) < 4.78 is 36.1. The minimum atomic E-state index is -1.26. The predicted octanol–water partition coefficient (Wildman–Crippen LogP) is 8.03. The lowest BCUT2D eigenvalue weighted by Gasteiger charge is -2.30. The molecule has 3 rings (SSSR count). The number of ether oxygens (including phenoxy) is 4. The number of carbonyl (C=O) groups excluding carboxylic acids is 6. The fourth-order valence-corrected chi connectivity index (χ4v) is 5.47. The van der Waals surface area contributed by atoms with Crippen LogP contribution in [0.3, 0.4) is 0 Å². The van der Waals surface area contributed by atoms with Crippen molar-refractivity contribution in [1.29, 1.82) is 0 Å². The first kappa shape index (κ1) is 47.8. The van der Waals surface area contributed by atoms with E-state index in [0.717, 1.165) is 11.0 Å². The highest BCUT2D eigenvalue weighted by Gasteiger charge is 2.38. The standard InChI is InChI=1S/C41H54ClFN6O10/c1-38(2,3)56-34(52)46-33(47-35(53)57-39(4,5)6)49(37(55)59-41(10,11)12)22-25-19-24-18-23(21-48(13)36(54)58-40(7,8)9)14-16-27(24)30(25)45-32(51)31(50)44-26-15-17-28(42)29(43)20-26/h14-18,20,25H,19,21-22H2,1-13H3,(H,44,50)(H,46,47,52,53)/t25-/m1/s1. The van der Waals surface area contributed by atoms with Crippen LogP contribution in [0.25, 0.3) is 0 Å². The van der Waals surface area contributed by atoms with Gasteiger partial charge in [0.05, 0.1) is 10.7 Å². The Morgan fingerprint density at radius 3 is 1.93 bits per heavy atom. The van der Waals surface area contributed by atoms with E-state index < -0.39 is 82.8 Å². The highest BCUT2D eigenvalue weighted by atomic mass is 35.5. The highest BCUT2D eigenvalue weighted by Crippen LogP contribution is 2.31. The Labute approximate surface area is 348 Å². The average Bonchev–Trinajstić information content (AvgIpc) is 3.37. The van der Waals surface area contributed by atoms with Gasteiger partial charge in [-0.05, 0) is 124 Å². The number of benzene rings is 2. The molecule has 1 aliphatic carbocycles. The molecule has 0 saturated carbocycles. The van der Waals surface area contributed by atoms with Crippen LogP contribution < -0.4 is 10.6 Å². The van der Waals surface area contributed by atoms with Gasteiger partial charge >= 0.3 is 36.2 Å². The lowest BCUT2D eigenvalue weighted by Crippen LogP contribution is -2.52. The summed E-state index contributed by atoms with van der Waals surface area (Å²) in [4.78, 5) is 90.1. The zero-order valence-corrected chi connectivity index (χ0v) is 36.5. The number of amides is 6. The Bertz CT molecular complexity index is 2030. The second kappa shape index (κ2) is 18.6. The molecule has 18 heteroatoms. The summed E-state index contributed by atoms with van der Waals surface area (Å²) in [5, 5.41) is 4.48. The first-order valence-corrected chi connectivity index (χ1v) is 19.0. The SMILES string of the molecule is CN(Cc1ccc2c(c1)C[C@H](CN(C(=O)OC(C)(C)C)C(=NC(=O)OC(C)(C)C)NC(=O)OC(C)(C)C)C2=NC(=O)C(=O)Nc1ccc(Cl)c(F)c1)C(=O)OC(C)(C)C. The Balaban J connectivity index is 2.17. The second-order valence-corrected chi connectivity index (χ2v) is 18.2. The zero-order chi connectivity index (χ0) is 44.8. The molecule has 0 bridgehead atoms. The topological polar surface area (TPSA) is 195 Å². The van der Waals surface area contributed by atoms with E-state index in [1.165, 1.54) is 17.0 Å². The summed E-state index contributed by atoms with van der Waals surface area (Å²) >= 11 is 5.77. The van der Waals surface area contributed by atoms with E-state index in [4.69, 9.17) is 30.5 Å². The summed E-state index contributed by atoms with van der Waals surface area (Å²) in [5.74, 6) is -4.82. The molecule has 1 atom stereocenters. The molecule has 0 aliphatic heterocycles. The third-order valence-electron chi connectivity index (χ3n) is 7.49. The molecule has 0 radical (unpaired) electrons. The van der Waals surface area contributed by atoms with Gasteiger partial charge in [-0.25, -0.2) is 33.5 Å². The monoisotopic (exact) mass is 844 g/mol. The third-order valence-corrected chi connectivity index (χ3v) is 7.80. The number of nitrogens with zero attached hydrogens (tertiary/aromatic N) is 4. The zero-order valence-electron chi connectivity index (χ0n) is 35.8. The number of hydrogen-bond donors (Lipinski definition) is 2. The van der Waals surface area contributed by atoms with Crippen molar-refractivity contribution in [2.45, 2.75) is 118 Å². The van der Waals surface area contributed by atoms with E-state index in [9.17, 15) is 33.2 Å². The highest BCUT2D eigenvalue weighted by molar-refractivity contribution is 6.42. The summed E-state index contributed by atoms with van der Waals surface area (Å²) in [6.07, 6.45) is -3.75. The number of hydrogen-bond acceptors (Lipinski definition) is 10. The van der Waals surface area contributed by atoms with Crippen LogP contribution in [0.5, 0.6) is 0 Å². The molecule has 6 amide bonds. The Morgan fingerprint density at radius 2 is 1.37 bits per heavy atom. The molecule has 0 heterocycles. The van der Waals surface area contributed by atoms with E-state index in [1.807, 2.05) is 0 Å². The van der Waals surface area contributed by atoms with Gasteiger partial charge in [0.25, 0.3) is 0 Å². The van der Waals surface area contributed by atoms with Crippen LogP contribution in [0, 0.1) is 11.7 Å². The fraction of sp³-hybridized carbons (Fsp3) is 0.512. The average molecular weight is 845 g/mol. The van der Waals surface area contributed by atoms with Crippen molar-refractivity contribution in [2.75, 3.05) is 18.9 Å². The maximum Gasteiger partial charge on any atom is 0.437 e. The molecule has 1 aliphatic rings. The molecule has 0 fully saturated rings.